The van der Waals surface area contributed by atoms with Gasteiger partial charge in [-0.15, -0.1) is 0 Å². The highest BCUT2D eigenvalue weighted by Gasteiger charge is 2.16. The summed E-state index contributed by atoms with van der Waals surface area (Å²) in [6, 6.07) is 4.21. The van der Waals surface area contributed by atoms with Gasteiger partial charge < -0.3 is 20.0 Å². The maximum Gasteiger partial charge on any atom is 0.243 e. The molecular formula is C15H24N4O2. The molecule has 1 aromatic rings. The van der Waals surface area contributed by atoms with Crippen LogP contribution >= 0.6 is 0 Å². The Morgan fingerprint density at radius 1 is 1.43 bits per heavy atom. The third-order valence-electron chi connectivity index (χ3n) is 3.58. The van der Waals surface area contributed by atoms with Gasteiger partial charge in [-0.1, -0.05) is 12.8 Å². The van der Waals surface area contributed by atoms with Crippen LogP contribution < -0.4 is 10.6 Å². The molecule has 1 aliphatic rings. The Morgan fingerprint density at radius 2 is 2.19 bits per heavy atom. The van der Waals surface area contributed by atoms with E-state index in [0.29, 0.717) is 18.5 Å². The first-order chi connectivity index (χ1) is 10.1. The predicted molar refractivity (Wildman–Crippen MR) is 81.9 cm³/mol. The van der Waals surface area contributed by atoms with E-state index in [2.05, 4.69) is 15.6 Å². The molecule has 1 fully saturated rings. The van der Waals surface area contributed by atoms with Crippen LogP contribution in [0, 0.1) is 0 Å². The average Bonchev–Trinajstić information content (AvgIpc) is 3.14. The Hall–Kier alpha value is -1.98. The van der Waals surface area contributed by atoms with Crippen LogP contribution in [-0.2, 0) is 11.3 Å². The van der Waals surface area contributed by atoms with Crippen LogP contribution in [0.4, 0.5) is 0 Å². The fourth-order valence-corrected chi connectivity index (χ4v) is 2.29. The van der Waals surface area contributed by atoms with Crippen LogP contribution in [0.5, 0.6) is 0 Å². The van der Waals surface area contributed by atoms with E-state index in [1.165, 1.54) is 12.8 Å². The van der Waals surface area contributed by atoms with E-state index in [4.69, 9.17) is 4.42 Å². The van der Waals surface area contributed by atoms with Gasteiger partial charge in [0.1, 0.15) is 12.3 Å². The molecule has 0 aromatic carbocycles. The van der Waals surface area contributed by atoms with Crippen molar-refractivity contribution in [1.29, 1.82) is 0 Å². The number of carbonyl (C=O) groups excluding carboxylic acids is 1. The fourth-order valence-electron chi connectivity index (χ4n) is 2.29. The largest absolute Gasteiger partial charge is 0.467 e. The Bertz CT molecular complexity index is 462. The van der Waals surface area contributed by atoms with Crippen molar-refractivity contribution >= 4 is 11.9 Å². The molecule has 0 atom stereocenters. The van der Waals surface area contributed by atoms with Crippen molar-refractivity contribution in [2.24, 2.45) is 4.99 Å². The van der Waals surface area contributed by atoms with E-state index < -0.39 is 0 Å². The Balaban J connectivity index is 1.91. The van der Waals surface area contributed by atoms with Crippen molar-refractivity contribution in [2.75, 3.05) is 20.6 Å². The topological polar surface area (TPSA) is 69.9 Å². The molecule has 0 bridgehead atoms. The summed E-state index contributed by atoms with van der Waals surface area (Å²) in [6.45, 7) is 0.703. The van der Waals surface area contributed by atoms with Crippen LogP contribution in [0.15, 0.2) is 27.8 Å². The molecule has 0 spiro atoms. The van der Waals surface area contributed by atoms with Gasteiger partial charge >= 0.3 is 0 Å². The highest BCUT2D eigenvalue weighted by molar-refractivity contribution is 5.84. The zero-order chi connectivity index (χ0) is 15.1. The lowest BCUT2D eigenvalue weighted by Crippen LogP contribution is -2.42. The van der Waals surface area contributed by atoms with Crippen LogP contribution in [0.3, 0.4) is 0 Å². The minimum absolute atomic E-state index is 0.0134. The van der Waals surface area contributed by atoms with Gasteiger partial charge in [0.25, 0.3) is 0 Å². The molecule has 6 nitrogen and oxygen atoms in total. The van der Waals surface area contributed by atoms with Crippen molar-refractivity contribution in [2.45, 2.75) is 38.3 Å². The molecule has 6 heteroatoms. The molecule has 1 aliphatic carbocycles. The first kappa shape index (κ1) is 15.4. The number of aliphatic imine (C=N–C) groups is 1. The van der Waals surface area contributed by atoms with Gasteiger partial charge in [0, 0.05) is 20.1 Å². The van der Waals surface area contributed by atoms with E-state index in [9.17, 15) is 4.79 Å². The molecule has 2 rings (SSSR count). The molecule has 0 saturated heterocycles. The molecule has 1 aromatic heterocycles. The minimum atomic E-state index is -0.0134. The SMILES string of the molecule is CN(C)C(=O)CN=C(NCc1ccco1)NC1CCCC1. The second-order valence-corrected chi connectivity index (χ2v) is 5.51. The minimum Gasteiger partial charge on any atom is -0.467 e. The summed E-state index contributed by atoms with van der Waals surface area (Å²) in [5.41, 5.74) is 0. The lowest BCUT2D eigenvalue weighted by atomic mass is 10.2. The number of hydrogen-bond donors (Lipinski definition) is 2. The third-order valence-corrected chi connectivity index (χ3v) is 3.58. The second kappa shape index (κ2) is 7.71. The van der Waals surface area contributed by atoms with Gasteiger partial charge in [0.05, 0.1) is 12.8 Å². The van der Waals surface area contributed by atoms with Gasteiger partial charge in [-0.25, -0.2) is 4.99 Å². The van der Waals surface area contributed by atoms with Crippen LogP contribution in [-0.4, -0.2) is 43.4 Å². The molecule has 0 aliphatic heterocycles. The molecule has 1 saturated carbocycles. The maximum atomic E-state index is 11.7. The van der Waals surface area contributed by atoms with Crippen LogP contribution in [0.25, 0.3) is 0 Å². The number of likely N-dealkylation sites (N-methyl/N-ethyl adjacent to an activating group) is 1. The molecule has 0 radical (unpaired) electrons. The number of furan rings is 1. The third kappa shape index (κ3) is 5.13. The summed E-state index contributed by atoms with van der Waals surface area (Å²) in [7, 11) is 3.47. The molecule has 1 amide bonds. The van der Waals surface area contributed by atoms with Gasteiger partial charge in [-0.2, -0.15) is 0 Å². The van der Waals surface area contributed by atoms with Gasteiger partial charge in [0.15, 0.2) is 5.96 Å². The maximum absolute atomic E-state index is 11.7. The predicted octanol–water partition coefficient (Wildman–Crippen LogP) is 1.35. The van der Waals surface area contributed by atoms with Gasteiger partial charge in [0.2, 0.25) is 5.91 Å². The fraction of sp³-hybridized carbons (Fsp3) is 0.600. The van der Waals surface area contributed by atoms with E-state index in [0.717, 1.165) is 18.6 Å². The monoisotopic (exact) mass is 292 g/mol. The summed E-state index contributed by atoms with van der Waals surface area (Å²) in [6.07, 6.45) is 6.46. The van der Waals surface area contributed by atoms with Crippen molar-refractivity contribution in [3.63, 3.8) is 0 Å². The number of rotatable bonds is 5. The van der Waals surface area contributed by atoms with Gasteiger partial charge in [-0.05, 0) is 25.0 Å². The number of hydrogen-bond acceptors (Lipinski definition) is 3. The zero-order valence-electron chi connectivity index (χ0n) is 12.8. The number of carbonyl (C=O) groups is 1. The molecule has 2 N–H and O–H groups in total. The summed E-state index contributed by atoms with van der Waals surface area (Å²) in [5.74, 6) is 1.50. The van der Waals surface area contributed by atoms with Crippen LogP contribution in [0.1, 0.15) is 31.4 Å². The van der Waals surface area contributed by atoms with Gasteiger partial charge in [-0.3, -0.25) is 4.79 Å². The first-order valence-electron chi connectivity index (χ1n) is 7.42. The normalized spacial score (nSPS) is 16.0. The average molecular weight is 292 g/mol. The molecule has 0 unspecified atom stereocenters. The van der Waals surface area contributed by atoms with E-state index in [-0.39, 0.29) is 12.5 Å². The standard InChI is InChI=1S/C15H24N4O2/c1-19(2)14(20)11-17-15(18-12-6-3-4-7-12)16-10-13-8-5-9-21-13/h5,8-9,12H,3-4,6-7,10-11H2,1-2H3,(H2,16,17,18). The van der Waals surface area contributed by atoms with Crippen molar-refractivity contribution in [1.82, 2.24) is 15.5 Å². The zero-order valence-corrected chi connectivity index (χ0v) is 12.8. The first-order valence-corrected chi connectivity index (χ1v) is 7.42. The number of guanidine groups is 1. The summed E-state index contributed by atoms with van der Waals surface area (Å²) < 4.78 is 5.30. The highest BCUT2D eigenvalue weighted by atomic mass is 16.3. The lowest BCUT2D eigenvalue weighted by molar-refractivity contribution is -0.127. The quantitative estimate of drug-likeness (QED) is 0.635. The molecule has 21 heavy (non-hydrogen) atoms. The number of nitrogens with zero attached hydrogens (tertiary/aromatic N) is 2. The Kier molecular flexibility index (Phi) is 5.66. The lowest BCUT2D eigenvalue weighted by Gasteiger charge is -2.17. The second-order valence-electron chi connectivity index (χ2n) is 5.51. The van der Waals surface area contributed by atoms with Crippen molar-refractivity contribution in [3.05, 3.63) is 24.2 Å². The smallest absolute Gasteiger partial charge is 0.243 e. The molecule has 1 heterocycles. The number of amides is 1. The Morgan fingerprint density at radius 3 is 2.81 bits per heavy atom. The van der Waals surface area contributed by atoms with E-state index in [1.807, 2.05) is 12.1 Å². The Labute approximate surface area is 125 Å². The van der Waals surface area contributed by atoms with Crippen molar-refractivity contribution < 1.29 is 9.21 Å². The van der Waals surface area contributed by atoms with E-state index in [1.54, 1.807) is 25.3 Å². The highest BCUT2D eigenvalue weighted by Crippen LogP contribution is 2.17. The number of nitrogens with one attached hydrogen (secondary N) is 2. The van der Waals surface area contributed by atoms with E-state index >= 15 is 0 Å². The van der Waals surface area contributed by atoms with Crippen molar-refractivity contribution in [3.8, 4) is 0 Å². The summed E-state index contributed by atoms with van der Waals surface area (Å²) in [5, 5.41) is 6.62. The summed E-state index contributed by atoms with van der Waals surface area (Å²) in [4.78, 5) is 17.6. The molecule has 116 valence electrons. The van der Waals surface area contributed by atoms with Crippen LogP contribution in [0.2, 0.25) is 0 Å². The summed E-state index contributed by atoms with van der Waals surface area (Å²) >= 11 is 0. The molecular weight excluding hydrogens is 268 g/mol.